The van der Waals surface area contributed by atoms with Crippen LogP contribution in [0.2, 0.25) is 0 Å². The summed E-state index contributed by atoms with van der Waals surface area (Å²) in [6, 6.07) is 6.15. The molecule has 0 radical (unpaired) electrons. The molecule has 6 heteroatoms. The third kappa shape index (κ3) is 2.62. The average Bonchev–Trinajstić information content (AvgIpc) is 2.79. The average molecular weight is 231 g/mol. The number of rotatable bonds is 4. The molecule has 2 rings (SSSR count). The highest BCUT2D eigenvalue weighted by atomic mass is 19.1. The highest BCUT2D eigenvalue weighted by Gasteiger charge is 2.06. The highest BCUT2D eigenvalue weighted by Crippen LogP contribution is 2.21. The number of nitrogens with zero attached hydrogens (tertiary/aromatic N) is 4. The van der Waals surface area contributed by atoms with Gasteiger partial charge in [-0.05, 0) is 41.8 Å². The summed E-state index contributed by atoms with van der Waals surface area (Å²) in [4.78, 5) is 2.69. The van der Waals surface area contributed by atoms with Crippen LogP contribution in [-0.4, -0.2) is 16.7 Å². The van der Waals surface area contributed by atoms with Gasteiger partial charge in [0.2, 0.25) is 0 Å². The first-order valence-corrected chi connectivity index (χ1v) is 5.10. The SMILES string of the molecule is [N-]=[N+]=NCCc1cn[nH]c1-c1ccc(F)cc1. The van der Waals surface area contributed by atoms with Crippen LogP contribution in [0.25, 0.3) is 21.7 Å². The van der Waals surface area contributed by atoms with Crippen molar-refractivity contribution in [3.63, 3.8) is 0 Å². The van der Waals surface area contributed by atoms with E-state index in [1.165, 1.54) is 12.1 Å². The highest BCUT2D eigenvalue weighted by molar-refractivity contribution is 5.62. The fourth-order valence-electron chi connectivity index (χ4n) is 1.58. The number of aromatic nitrogens is 2. The van der Waals surface area contributed by atoms with E-state index >= 15 is 0 Å². The predicted octanol–water partition coefficient (Wildman–Crippen LogP) is 3.07. The zero-order valence-corrected chi connectivity index (χ0v) is 8.97. The van der Waals surface area contributed by atoms with Gasteiger partial charge in [0.15, 0.2) is 0 Å². The number of H-pyrrole nitrogens is 1. The maximum absolute atomic E-state index is 12.8. The zero-order valence-electron chi connectivity index (χ0n) is 8.97. The second-order valence-electron chi connectivity index (χ2n) is 3.48. The number of aromatic amines is 1. The molecule has 0 amide bonds. The van der Waals surface area contributed by atoms with E-state index in [1.807, 2.05) is 0 Å². The number of halogens is 1. The van der Waals surface area contributed by atoms with Crippen LogP contribution in [0.3, 0.4) is 0 Å². The molecule has 0 spiro atoms. The van der Waals surface area contributed by atoms with E-state index in [9.17, 15) is 4.39 Å². The van der Waals surface area contributed by atoms with Crippen LogP contribution < -0.4 is 0 Å². The van der Waals surface area contributed by atoms with Crippen LogP contribution in [0.15, 0.2) is 35.6 Å². The summed E-state index contributed by atoms with van der Waals surface area (Å²) >= 11 is 0. The predicted molar refractivity (Wildman–Crippen MR) is 61.7 cm³/mol. The van der Waals surface area contributed by atoms with Crippen molar-refractivity contribution in [2.24, 2.45) is 5.11 Å². The number of hydrogen-bond donors (Lipinski definition) is 1. The van der Waals surface area contributed by atoms with Gasteiger partial charge < -0.3 is 0 Å². The Balaban J connectivity index is 2.23. The van der Waals surface area contributed by atoms with Crippen molar-refractivity contribution < 1.29 is 4.39 Å². The van der Waals surface area contributed by atoms with Crippen LogP contribution in [0, 0.1) is 5.82 Å². The lowest BCUT2D eigenvalue weighted by molar-refractivity contribution is 0.628. The molecule has 0 saturated heterocycles. The van der Waals surface area contributed by atoms with Gasteiger partial charge in [-0.15, -0.1) is 0 Å². The second-order valence-corrected chi connectivity index (χ2v) is 3.48. The molecule has 1 aromatic heterocycles. The Bertz CT molecular complexity index is 539. The number of benzene rings is 1. The fraction of sp³-hybridized carbons (Fsp3) is 0.182. The van der Waals surface area contributed by atoms with E-state index in [2.05, 4.69) is 20.2 Å². The molecule has 17 heavy (non-hydrogen) atoms. The molecule has 0 atom stereocenters. The summed E-state index contributed by atoms with van der Waals surface area (Å²) in [5.74, 6) is -0.274. The van der Waals surface area contributed by atoms with Gasteiger partial charge in [-0.1, -0.05) is 5.11 Å². The molecule has 1 heterocycles. The molecule has 1 N–H and O–H groups in total. The Morgan fingerprint density at radius 2 is 2.12 bits per heavy atom. The van der Waals surface area contributed by atoms with Gasteiger partial charge in [-0.3, -0.25) is 5.10 Å². The van der Waals surface area contributed by atoms with Gasteiger partial charge in [0.05, 0.1) is 11.9 Å². The van der Waals surface area contributed by atoms with Crippen LogP contribution in [0.1, 0.15) is 5.56 Å². The number of hydrogen-bond acceptors (Lipinski definition) is 2. The van der Waals surface area contributed by atoms with Gasteiger partial charge >= 0.3 is 0 Å². The normalized spacial score (nSPS) is 9.94. The van der Waals surface area contributed by atoms with E-state index in [4.69, 9.17) is 5.53 Å². The molecule has 0 saturated carbocycles. The largest absolute Gasteiger partial charge is 0.278 e. The molecular formula is C11H10FN5. The van der Waals surface area contributed by atoms with Gasteiger partial charge in [-0.2, -0.15) is 5.10 Å². The van der Waals surface area contributed by atoms with Crippen molar-refractivity contribution in [3.8, 4) is 11.3 Å². The lowest BCUT2D eigenvalue weighted by Crippen LogP contribution is -1.90. The van der Waals surface area contributed by atoms with E-state index in [-0.39, 0.29) is 5.82 Å². The van der Waals surface area contributed by atoms with E-state index in [0.717, 1.165) is 16.8 Å². The minimum atomic E-state index is -0.274. The van der Waals surface area contributed by atoms with Crippen molar-refractivity contribution in [1.82, 2.24) is 10.2 Å². The monoisotopic (exact) mass is 231 g/mol. The van der Waals surface area contributed by atoms with Crippen molar-refractivity contribution in [3.05, 3.63) is 52.3 Å². The summed E-state index contributed by atoms with van der Waals surface area (Å²) in [6.07, 6.45) is 2.29. The van der Waals surface area contributed by atoms with E-state index < -0.39 is 0 Å². The number of azide groups is 1. The molecule has 86 valence electrons. The first-order chi connectivity index (χ1) is 8.31. The second kappa shape index (κ2) is 5.14. The third-order valence-corrected chi connectivity index (χ3v) is 2.40. The Kier molecular flexibility index (Phi) is 3.37. The molecule has 0 bridgehead atoms. The van der Waals surface area contributed by atoms with Crippen LogP contribution in [0.5, 0.6) is 0 Å². The molecule has 0 aliphatic carbocycles. The maximum Gasteiger partial charge on any atom is 0.123 e. The van der Waals surface area contributed by atoms with Gasteiger partial charge in [0, 0.05) is 17.0 Å². The molecule has 0 unspecified atom stereocenters. The standard InChI is InChI=1S/C11H10FN5/c12-10-3-1-8(2-4-10)11-9(7-15-16-11)5-6-14-17-13/h1-4,7H,5-6H2,(H,15,16). The minimum absolute atomic E-state index is 0.274. The Hall–Kier alpha value is -2.33. The first-order valence-electron chi connectivity index (χ1n) is 5.10. The topological polar surface area (TPSA) is 77.4 Å². The maximum atomic E-state index is 12.8. The van der Waals surface area contributed by atoms with E-state index in [1.54, 1.807) is 18.3 Å². The van der Waals surface area contributed by atoms with Crippen LogP contribution in [0.4, 0.5) is 4.39 Å². The molecule has 2 aromatic rings. The summed E-state index contributed by atoms with van der Waals surface area (Å²) < 4.78 is 12.8. The Morgan fingerprint density at radius 3 is 2.82 bits per heavy atom. The lowest BCUT2D eigenvalue weighted by atomic mass is 10.1. The smallest absolute Gasteiger partial charge is 0.123 e. The van der Waals surface area contributed by atoms with Crippen molar-refractivity contribution in [1.29, 1.82) is 0 Å². The Labute approximate surface area is 96.9 Å². The summed E-state index contributed by atoms with van der Waals surface area (Å²) in [6.45, 7) is 0.379. The molecular weight excluding hydrogens is 221 g/mol. The quantitative estimate of drug-likeness (QED) is 0.490. The molecule has 0 fully saturated rings. The van der Waals surface area contributed by atoms with Crippen molar-refractivity contribution >= 4 is 0 Å². The van der Waals surface area contributed by atoms with Crippen molar-refractivity contribution in [2.75, 3.05) is 6.54 Å². The fourth-order valence-corrected chi connectivity index (χ4v) is 1.58. The summed E-state index contributed by atoms with van der Waals surface area (Å²) in [5, 5.41) is 10.3. The minimum Gasteiger partial charge on any atom is -0.278 e. The first kappa shape index (κ1) is 11.2. The lowest BCUT2D eigenvalue weighted by Gasteiger charge is -2.01. The Morgan fingerprint density at radius 1 is 1.35 bits per heavy atom. The van der Waals surface area contributed by atoms with Crippen molar-refractivity contribution in [2.45, 2.75) is 6.42 Å². The molecule has 1 aromatic carbocycles. The molecule has 5 nitrogen and oxygen atoms in total. The van der Waals surface area contributed by atoms with Gasteiger partial charge in [0.1, 0.15) is 5.82 Å². The van der Waals surface area contributed by atoms with Gasteiger partial charge in [0.25, 0.3) is 0 Å². The van der Waals surface area contributed by atoms with Gasteiger partial charge in [-0.25, -0.2) is 4.39 Å². The molecule has 0 aliphatic heterocycles. The molecule has 0 aliphatic rings. The van der Waals surface area contributed by atoms with Crippen LogP contribution in [-0.2, 0) is 6.42 Å². The number of nitrogens with one attached hydrogen (secondary N) is 1. The summed E-state index contributed by atoms with van der Waals surface area (Å²) in [5.41, 5.74) is 10.8. The van der Waals surface area contributed by atoms with Crippen LogP contribution >= 0.6 is 0 Å². The van der Waals surface area contributed by atoms with E-state index in [0.29, 0.717) is 13.0 Å². The third-order valence-electron chi connectivity index (χ3n) is 2.40. The summed E-state index contributed by atoms with van der Waals surface area (Å²) in [7, 11) is 0. The zero-order chi connectivity index (χ0) is 12.1.